The molecule has 0 aliphatic carbocycles. The lowest BCUT2D eigenvalue weighted by Gasteiger charge is -2.05. The third-order valence-corrected chi connectivity index (χ3v) is 6.58. The predicted octanol–water partition coefficient (Wildman–Crippen LogP) is 6.89. The second-order valence-corrected chi connectivity index (χ2v) is 8.49. The van der Waals surface area contributed by atoms with Crippen LogP contribution in [0.2, 0.25) is 0 Å². The molecule has 0 spiro atoms. The Balaban J connectivity index is 1.47. The highest BCUT2D eigenvalue weighted by Crippen LogP contribution is 2.32. The molecule has 1 amide bonds. The van der Waals surface area contributed by atoms with Gasteiger partial charge in [0.2, 0.25) is 0 Å². The van der Waals surface area contributed by atoms with Crippen LogP contribution in [-0.2, 0) is 0 Å². The van der Waals surface area contributed by atoms with Crippen molar-refractivity contribution >= 4 is 44.1 Å². The molecule has 4 nitrogen and oxygen atoms in total. The van der Waals surface area contributed by atoms with Gasteiger partial charge in [-0.25, -0.2) is 4.98 Å². The summed E-state index contributed by atoms with van der Waals surface area (Å²) in [7, 11) is 0. The Labute approximate surface area is 178 Å². The van der Waals surface area contributed by atoms with E-state index in [-0.39, 0.29) is 5.91 Å². The average molecular weight is 413 g/mol. The second-order valence-electron chi connectivity index (χ2n) is 7.46. The summed E-state index contributed by atoms with van der Waals surface area (Å²) in [4.78, 5) is 17.7. The number of thiazole rings is 1. The molecule has 2 heterocycles. The quantitative estimate of drug-likeness (QED) is 0.351. The number of aryl methyl sites for hydroxylation is 3. The van der Waals surface area contributed by atoms with Crippen LogP contribution in [0.4, 0.5) is 5.69 Å². The number of benzene rings is 3. The van der Waals surface area contributed by atoms with Crippen LogP contribution in [0.25, 0.3) is 31.8 Å². The normalized spacial score (nSPS) is 11.3. The van der Waals surface area contributed by atoms with E-state index in [1.807, 2.05) is 69.3 Å². The van der Waals surface area contributed by atoms with Crippen LogP contribution in [0.3, 0.4) is 0 Å². The van der Waals surface area contributed by atoms with E-state index >= 15 is 0 Å². The number of anilines is 1. The first-order chi connectivity index (χ1) is 14.5. The zero-order chi connectivity index (χ0) is 20.8. The Morgan fingerprint density at radius 3 is 2.63 bits per heavy atom. The number of nitrogens with one attached hydrogen (secondary N) is 1. The number of nitrogens with zero attached hydrogens (tertiary/aromatic N) is 1. The van der Waals surface area contributed by atoms with E-state index in [1.165, 1.54) is 0 Å². The van der Waals surface area contributed by atoms with Gasteiger partial charge >= 0.3 is 0 Å². The summed E-state index contributed by atoms with van der Waals surface area (Å²) < 4.78 is 7.12. The second kappa shape index (κ2) is 7.11. The van der Waals surface area contributed by atoms with E-state index in [0.717, 1.165) is 48.4 Å². The molecule has 0 aliphatic heterocycles. The molecule has 0 saturated carbocycles. The van der Waals surface area contributed by atoms with Crippen LogP contribution >= 0.6 is 11.3 Å². The first-order valence-electron chi connectivity index (χ1n) is 9.78. The fourth-order valence-corrected chi connectivity index (χ4v) is 4.61. The molecule has 1 N–H and O–H groups in total. The van der Waals surface area contributed by atoms with E-state index < -0.39 is 0 Å². The summed E-state index contributed by atoms with van der Waals surface area (Å²) in [6, 6.07) is 19.9. The number of hydrogen-bond donors (Lipinski definition) is 1. The van der Waals surface area contributed by atoms with Crippen molar-refractivity contribution in [2.75, 3.05) is 5.32 Å². The number of fused-ring (bicyclic) bond motifs is 2. The van der Waals surface area contributed by atoms with Crippen LogP contribution in [0.5, 0.6) is 0 Å². The van der Waals surface area contributed by atoms with Gasteiger partial charge in [0, 0.05) is 22.2 Å². The Bertz CT molecular complexity index is 1400. The van der Waals surface area contributed by atoms with Gasteiger partial charge in [-0.1, -0.05) is 36.4 Å². The fourth-order valence-electron chi connectivity index (χ4n) is 3.65. The summed E-state index contributed by atoms with van der Waals surface area (Å²) in [6.07, 6.45) is 0. The number of carbonyl (C=O) groups is 1. The number of hydrogen-bond acceptors (Lipinski definition) is 4. The van der Waals surface area contributed by atoms with Crippen LogP contribution in [0, 0.1) is 20.8 Å². The minimum Gasteiger partial charge on any atom is -0.450 e. The lowest BCUT2D eigenvalue weighted by molar-refractivity contribution is 0.0998. The Kier molecular flexibility index (Phi) is 4.40. The van der Waals surface area contributed by atoms with Crippen molar-refractivity contribution < 1.29 is 9.21 Å². The molecule has 0 fully saturated rings. The molecule has 30 heavy (non-hydrogen) atoms. The van der Waals surface area contributed by atoms with Crippen LogP contribution in [-0.4, -0.2) is 10.9 Å². The monoisotopic (exact) mass is 412 g/mol. The van der Waals surface area contributed by atoms with E-state index in [9.17, 15) is 4.79 Å². The minimum absolute atomic E-state index is 0.248. The van der Waals surface area contributed by atoms with Crippen molar-refractivity contribution in [3.63, 3.8) is 0 Å². The lowest BCUT2D eigenvalue weighted by atomic mass is 10.0. The zero-order valence-corrected chi connectivity index (χ0v) is 17.8. The number of aromatic nitrogens is 1. The van der Waals surface area contributed by atoms with Crippen LogP contribution in [0.1, 0.15) is 27.2 Å². The summed E-state index contributed by atoms with van der Waals surface area (Å²) in [5.74, 6) is 0.103. The van der Waals surface area contributed by atoms with Gasteiger partial charge in [0.1, 0.15) is 10.6 Å². The van der Waals surface area contributed by atoms with Crippen molar-refractivity contribution in [1.29, 1.82) is 0 Å². The molecule has 5 aromatic rings. The van der Waals surface area contributed by atoms with Gasteiger partial charge in [0.05, 0.1) is 10.2 Å². The number of amides is 1. The summed E-state index contributed by atoms with van der Waals surface area (Å²) in [5, 5.41) is 4.89. The number of carbonyl (C=O) groups excluding carboxylic acids is 1. The summed E-state index contributed by atoms with van der Waals surface area (Å²) in [5.41, 5.74) is 6.51. The molecule has 0 aliphatic rings. The van der Waals surface area contributed by atoms with Crippen LogP contribution < -0.4 is 5.32 Å². The Morgan fingerprint density at radius 2 is 1.80 bits per heavy atom. The van der Waals surface area contributed by atoms with Crippen LogP contribution in [0.15, 0.2) is 65.1 Å². The number of para-hydroxylation sites is 1. The van der Waals surface area contributed by atoms with Gasteiger partial charge in [0.25, 0.3) is 5.91 Å². The molecule has 3 aromatic carbocycles. The lowest BCUT2D eigenvalue weighted by Crippen LogP contribution is -2.12. The van der Waals surface area contributed by atoms with Gasteiger partial charge in [-0.05, 0) is 56.2 Å². The van der Waals surface area contributed by atoms with Gasteiger partial charge in [-0.15, -0.1) is 11.3 Å². The first-order valence-corrected chi connectivity index (χ1v) is 10.6. The largest absolute Gasteiger partial charge is 0.450 e. The molecule has 0 saturated heterocycles. The van der Waals surface area contributed by atoms with E-state index in [4.69, 9.17) is 9.40 Å². The Hall–Kier alpha value is -3.44. The molecule has 5 heteroatoms. The van der Waals surface area contributed by atoms with E-state index in [2.05, 4.69) is 17.4 Å². The van der Waals surface area contributed by atoms with Gasteiger partial charge in [0.15, 0.2) is 5.76 Å². The maximum Gasteiger partial charge on any atom is 0.291 e. The smallest absolute Gasteiger partial charge is 0.291 e. The molecule has 0 radical (unpaired) electrons. The van der Waals surface area contributed by atoms with Gasteiger partial charge in [-0.3, -0.25) is 4.79 Å². The van der Waals surface area contributed by atoms with Crippen molar-refractivity contribution in [3.05, 3.63) is 83.1 Å². The zero-order valence-electron chi connectivity index (χ0n) is 16.9. The third kappa shape index (κ3) is 3.08. The topological polar surface area (TPSA) is 55.1 Å². The molecular weight excluding hydrogens is 392 g/mol. The summed E-state index contributed by atoms with van der Waals surface area (Å²) in [6.45, 7) is 5.98. The fraction of sp³-hybridized carbons (Fsp3) is 0.120. The highest BCUT2D eigenvalue weighted by Gasteiger charge is 2.19. The maximum absolute atomic E-state index is 13.0. The molecule has 0 unspecified atom stereocenters. The summed E-state index contributed by atoms with van der Waals surface area (Å²) >= 11 is 1.64. The highest BCUT2D eigenvalue weighted by atomic mass is 32.1. The SMILES string of the molecule is Cc1ccc2c(C)c(C(=O)Nc3cccc(-c4nc5ccccc5s4)c3)oc2c1C. The Morgan fingerprint density at radius 1 is 0.967 bits per heavy atom. The van der Waals surface area contributed by atoms with Gasteiger partial charge < -0.3 is 9.73 Å². The van der Waals surface area contributed by atoms with Gasteiger partial charge in [-0.2, -0.15) is 0 Å². The van der Waals surface area contributed by atoms with Crippen molar-refractivity contribution in [1.82, 2.24) is 4.98 Å². The molecule has 0 bridgehead atoms. The number of furan rings is 1. The molecule has 148 valence electrons. The third-order valence-electron chi connectivity index (χ3n) is 5.49. The highest BCUT2D eigenvalue weighted by molar-refractivity contribution is 7.21. The standard InChI is InChI=1S/C25H20N2O2S/c1-14-11-12-19-16(3)23(29-22(19)15(14)2)24(28)26-18-8-6-7-17(13-18)25-27-20-9-4-5-10-21(20)30-25/h4-13H,1-3H3,(H,26,28). The average Bonchev–Trinajstić information content (AvgIpc) is 3.33. The minimum atomic E-state index is -0.248. The molecule has 0 atom stereocenters. The van der Waals surface area contributed by atoms with E-state index in [0.29, 0.717) is 11.4 Å². The first kappa shape index (κ1) is 18.6. The van der Waals surface area contributed by atoms with Crippen molar-refractivity contribution in [3.8, 4) is 10.6 Å². The molecular formula is C25H20N2O2S. The maximum atomic E-state index is 13.0. The number of rotatable bonds is 3. The molecule has 2 aromatic heterocycles. The van der Waals surface area contributed by atoms with Crippen molar-refractivity contribution in [2.24, 2.45) is 0 Å². The van der Waals surface area contributed by atoms with E-state index in [1.54, 1.807) is 11.3 Å². The predicted molar refractivity (Wildman–Crippen MR) is 123 cm³/mol. The van der Waals surface area contributed by atoms with Crippen molar-refractivity contribution in [2.45, 2.75) is 20.8 Å². The molecule has 5 rings (SSSR count).